The maximum absolute atomic E-state index is 12.1. The average Bonchev–Trinajstić information content (AvgIpc) is 2.68. The van der Waals surface area contributed by atoms with E-state index in [4.69, 9.17) is 5.11 Å². The van der Waals surface area contributed by atoms with Gasteiger partial charge in [0.15, 0.2) is 0 Å². The molecule has 0 aromatic carbocycles. The molecule has 1 N–H and O–H groups in total. The molecule has 4 nitrogen and oxygen atoms in total. The lowest BCUT2D eigenvalue weighted by atomic mass is 10.1. The van der Waals surface area contributed by atoms with Gasteiger partial charge in [0, 0.05) is 12.6 Å². The van der Waals surface area contributed by atoms with Crippen LogP contribution < -0.4 is 0 Å². The molecule has 0 aliphatic rings. The summed E-state index contributed by atoms with van der Waals surface area (Å²) in [7, 11) is 0. The maximum atomic E-state index is 12.1. The van der Waals surface area contributed by atoms with E-state index in [0.29, 0.717) is 11.1 Å². The third-order valence-corrected chi connectivity index (χ3v) is 2.50. The Kier molecular flexibility index (Phi) is 2.98. The zero-order valence-corrected chi connectivity index (χ0v) is 9.11. The van der Waals surface area contributed by atoms with Gasteiger partial charge in [-0.3, -0.25) is 0 Å². The number of carboxylic acid groups (broad SMARTS) is 1. The number of aromatic nitrogens is 2. The Morgan fingerprint density at radius 3 is 2.72 bits per heavy atom. The Bertz CT molecular complexity index is 589. The van der Waals surface area contributed by atoms with Crippen LogP contribution in [0.3, 0.4) is 0 Å². The lowest BCUT2D eigenvalue weighted by molar-refractivity contribution is -0.134. The van der Waals surface area contributed by atoms with Crippen molar-refractivity contribution in [2.75, 3.05) is 0 Å². The number of carboxylic acids is 1. The van der Waals surface area contributed by atoms with Crippen LogP contribution in [-0.4, -0.2) is 26.9 Å². The summed E-state index contributed by atoms with van der Waals surface area (Å²) in [5.74, 6) is -1.12. The predicted octanol–water partition coefficient (Wildman–Crippen LogP) is 2.53. The van der Waals surface area contributed by atoms with Gasteiger partial charge in [0.05, 0.1) is 11.7 Å². The lowest BCUT2D eigenvalue weighted by Gasteiger charge is -2.06. The molecule has 2 aromatic heterocycles. The van der Waals surface area contributed by atoms with E-state index < -0.39 is 18.6 Å². The summed E-state index contributed by atoms with van der Waals surface area (Å²) in [5.41, 5.74) is 0.843. The first-order valence-corrected chi connectivity index (χ1v) is 5.13. The summed E-state index contributed by atoms with van der Waals surface area (Å²) < 4.78 is 37.5. The molecule has 2 heterocycles. The minimum Gasteiger partial charge on any atom is -0.478 e. The number of hydrogen-bond acceptors (Lipinski definition) is 2. The Morgan fingerprint density at radius 1 is 1.39 bits per heavy atom. The molecule has 0 fully saturated rings. The first-order valence-electron chi connectivity index (χ1n) is 5.13. The summed E-state index contributed by atoms with van der Waals surface area (Å²) in [5, 5.41) is 12.6. The molecule has 0 aliphatic carbocycles. The molecule has 18 heavy (non-hydrogen) atoms. The molecule has 0 spiro atoms. The number of nitrogens with zero attached hydrogens (tertiary/aromatic N) is 2. The van der Waals surface area contributed by atoms with Gasteiger partial charge in [-0.25, -0.2) is 9.31 Å². The van der Waals surface area contributed by atoms with Gasteiger partial charge in [-0.1, -0.05) is 6.07 Å². The van der Waals surface area contributed by atoms with Crippen LogP contribution in [-0.2, 0) is 6.42 Å². The average molecular weight is 258 g/mol. The molecular formula is C11H9F3N2O2. The van der Waals surface area contributed by atoms with Gasteiger partial charge in [0.25, 0.3) is 0 Å². The van der Waals surface area contributed by atoms with E-state index in [-0.39, 0.29) is 12.0 Å². The van der Waals surface area contributed by atoms with Crippen molar-refractivity contribution >= 4 is 11.5 Å². The van der Waals surface area contributed by atoms with E-state index in [0.717, 1.165) is 0 Å². The minimum absolute atomic E-state index is 0.0253. The van der Waals surface area contributed by atoms with Crippen molar-refractivity contribution in [3.63, 3.8) is 0 Å². The highest BCUT2D eigenvalue weighted by Crippen LogP contribution is 2.22. The van der Waals surface area contributed by atoms with Crippen LogP contribution in [0.15, 0.2) is 24.5 Å². The lowest BCUT2D eigenvalue weighted by Crippen LogP contribution is -2.08. The smallest absolute Gasteiger partial charge is 0.389 e. The fourth-order valence-electron chi connectivity index (χ4n) is 1.63. The van der Waals surface area contributed by atoms with E-state index in [1.165, 1.54) is 29.0 Å². The second-order valence-corrected chi connectivity index (χ2v) is 3.85. The van der Waals surface area contributed by atoms with Crippen LogP contribution in [0.4, 0.5) is 13.2 Å². The Morgan fingerprint density at radius 2 is 2.11 bits per heavy atom. The SMILES string of the molecule is O=C(O)c1cnn2cc(CCC(F)(F)F)ccc12. The molecular weight excluding hydrogens is 249 g/mol. The monoisotopic (exact) mass is 258 g/mol. The largest absolute Gasteiger partial charge is 0.478 e. The Labute approximate surface area is 99.6 Å². The summed E-state index contributed by atoms with van der Waals surface area (Å²) >= 11 is 0. The van der Waals surface area contributed by atoms with E-state index in [1.54, 1.807) is 0 Å². The van der Waals surface area contributed by atoms with Gasteiger partial charge in [0.2, 0.25) is 0 Å². The van der Waals surface area contributed by atoms with Gasteiger partial charge in [0.1, 0.15) is 5.56 Å². The standard InChI is InChI=1S/C11H9F3N2O2/c12-11(13,14)4-3-7-1-2-9-8(10(17)18)5-15-16(9)6-7/h1-2,5-6H,3-4H2,(H,17,18). The quantitative estimate of drug-likeness (QED) is 0.920. The van der Waals surface area contributed by atoms with Gasteiger partial charge in [-0.05, 0) is 18.1 Å². The maximum Gasteiger partial charge on any atom is 0.389 e. The van der Waals surface area contributed by atoms with Gasteiger partial charge < -0.3 is 5.11 Å². The van der Waals surface area contributed by atoms with Crippen LogP contribution in [0.25, 0.3) is 5.52 Å². The molecule has 2 aromatic rings. The second kappa shape index (κ2) is 4.32. The normalized spacial score (nSPS) is 11.9. The molecule has 0 aliphatic heterocycles. The van der Waals surface area contributed by atoms with Crippen molar-refractivity contribution in [2.45, 2.75) is 19.0 Å². The Hall–Kier alpha value is -2.05. The molecule has 0 radical (unpaired) electrons. The van der Waals surface area contributed by atoms with Gasteiger partial charge >= 0.3 is 12.1 Å². The van der Waals surface area contributed by atoms with Gasteiger partial charge in [-0.15, -0.1) is 0 Å². The number of aryl methyl sites for hydroxylation is 1. The molecule has 0 saturated carbocycles. The highest BCUT2D eigenvalue weighted by molar-refractivity contribution is 5.95. The van der Waals surface area contributed by atoms with Crippen LogP contribution in [0.1, 0.15) is 22.3 Å². The summed E-state index contributed by atoms with van der Waals surface area (Å²) in [6, 6.07) is 2.94. The predicted molar refractivity (Wildman–Crippen MR) is 56.5 cm³/mol. The number of rotatable bonds is 3. The summed E-state index contributed by atoms with van der Waals surface area (Å²) in [6.07, 6.45) is -2.68. The van der Waals surface area contributed by atoms with Crippen LogP contribution in [0.5, 0.6) is 0 Å². The summed E-state index contributed by atoms with van der Waals surface area (Å²) in [6.45, 7) is 0. The van der Waals surface area contributed by atoms with Gasteiger partial charge in [-0.2, -0.15) is 18.3 Å². The fraction of sp³-hybridized carbons (Fsp3) is 0.273. The molecule has 0 atom stereocenters. The molecule has 7 heteroatoms. The molecule has 2 rings (SSSR count). The number of alkyl halides is 3. The van der Waals surface area contributed by atoms with Crippen molar-refractivity contribution in [1.29, 1.82) is 0 Å². The topological polar surface area (TPSA) is 54.6 Å². The fourth-order valence-corrected chi connectivity index (χ4v) is 1.63. The first kappa shape index (κ1) is 12.4. The zero-order valence-electron chi connectivity index (χ0n) is 9.11. The first-order chi connectivity index (χ1) is 8.37. The van der Waals surface area contributed by atoms with Crippen molar-refractivity contribution in [1.82, 2.24) is 9.61 Å². The van der Waals surface area contributed by atoms with Crippen LogP contribution >= 0.6 is 0 Å². The number of pyridine rings is 1. The second-order valence-electron chi connectivity index (χ2n) is 3.85. The van der Waals surface area contributed by atoms with E-state index >= 15 is 0 Å². The molecule has 0 saturated heterocycles. The van der Waals surface area contributed by atoms with Crippen LogP contribution in [0, 0.1) is 0 Å². The molecule has 96 valence electrons. The number of hydrogen-bond donors (Lipinski definition) is 1. The van der Waals surface area contributed by atoms with Crippen LogP contribution in [0.2, 0.25) is 0 Å². The summed E-state index contributed by atoms with van der Waals surface area (Å²) in [4.78, 5) is 10.8. The van der Waals surface area contributed by atoms with Crippen molar-refractivity contribution in [2.24, 2.45) is 0 Å². The van der Waals surface area contributed by atoms with Crippen molar-refractivity contribution in [3.05, 3.63) is 35.7 Å². The van der Waals surface area contributed by atoms with E-state index in [1.807, 2.05) is 0 Å². The van der Waals surface area contributed by atoms with E-state index in [9.17, 15) is 18.0 Å². The minimum atomic E-state index is -4.20. The highest BCUT2D eigenvalue weighted by Gasteiger charge is 2.26. The Balaban J connectivity index is 2.26. The molecule has 0 amide bonds. The number of carbonyl (C=O) groups is 1. The zero-order chi connectivity index (χ0) is 13.3. The molecule has 0 unspecified atom stereocenters. The highest BCUT2D eigenvalue weighted by atomic mass is 19.4. The molecule has 0 bridgehead atoms. The number of aromatic carboxylic acids is 1. The number of halogens is 3. The van der Waals surface area contributed by atoms with E-state index in [2.05, 4.69) is 5.10 Å². The third kappa shape index (κ3) is 2.61. The van der Waals surface area contributed by atoms with Crippen molar-refractivity contribution in [3.8, 4) is 0 Å². The number of fused-ring (bicyclic) bond motifs is 1. The third-order valence-electron chi connectivity index (χ3n) is 2.50. The van der Waals surface area contributed by atoms with Crippen molar-refractivity contribution < 1.29 is 23.1 Å².